The van der Waals surface area contributed by atoms with Gasteiger partial charge < -0.3 is 5.32 Å². The number of alkyl halides is 3. The lowest BCUT2D eigenvalue weighted by Gasteiger charge is -2.24. The number of sulfone groups is 1. The molecular weight excluding hydrogens is 335 g/mol. The fourth-order valence-electron chi connectivity index (χ4n) is 2.70. The van der Waals surface area contributed by atoms with Gasteiger partial charge in [-0.1, -0.05) is 0 Å². The predicted molar refractivity (Wildman–Crippen MR) is 73.7 cm³/mol. The van der Waals surface area contributed by atoms with E-state index in [1.165, 1.54) is 0 Å². The SMILES string of the molecule is CS(=O)(=O)c1cnc2nc(C(F)(F)F)nn2c1C1CCCNC1. The largest absolute Gasteiger partial charge is 0.453 e. The summed E-state index contributed by atoms with van der Waals surface area (Å²) in [6.45, 7) is 1.24. The Morgan fingerprint density at radius 3 is 2.70 bits per heavy atom. The van der Waals surface area contributed by atoms with Crippen LogP contribution in [0.1, 0.15) is 30.3 Å². The molecule has 0 saturated carbocycles. The highest BCUT2D eigenvalue weighted by molar-refractivity contribution is 7.90. The highest BCUT2D eigenvalue weighted by Gasteiger charge is 2.38. The van der Waals surface area contributed by atoms with E-state index in [0.717, 1.165) is 29.9 Å². The number of nitrogens with one attached hydrogen (secondary N) is 1. The maximum atomic E-state index is 12.8. The van der Waals surface area contributed by atoms with Gasteiger partial charge in [-0.05, 0) is 19.4 Å². The maximum Gasteiger partial charge on any atom is 0.453 e. The normalized spacial score (nSPS) is 20.1. The van der Waals surface area contributed by atoms with Gasteiger partial charge in [0, 0.05) is 18.7 Å². The average molecular weight is 349 g/mol. The van der Waals surface area contributed by atoms with Crippen LogP contribution in [-0.4, -0.2) is 47.3 Å². The molecule has 2 aromatic rings. The Labute approximate surface area is 129 Å². The van der Waals surface area contributed by atoms with Crippen LogP contribution >= 0.6 is 0 Å². The maximum absolute atomic E-state index is 12.8. The van der Waals surface area contributed by atoms with Gasteiger partial charge in [-0.3, -0.25) is 0 Å². The second-order valence-electron chi connectivity index (χ2n) is 5.47. The first-order valence-corrected chi connectivity index (χ1v) is 8.80. The molecule has 0 amide bonds. The van der Waals surface area contributed by atoms with E-state index in [-0.39, 0.29) is 22.3 Å². The topological polar surface area (TPSA) is 89.2 Å². The van der Waals surface area contributed by atoms with Gasteiger partial charge in [0.2, 0.25) is 0 Å². The Kier molecular flexibility index (Phi) is 3.79. The molecule has 0 radical (unpaired) electrons. The van der Waals surface area contributed by atoms with Crippen LogP contribution in [0.25, 0.3) is 5.78 Å². The molecule has 1 aliphatic heterocycles. The second kappa shape index (κ2) is 5.41. The summed E-state index contributed by atoms with van der Waals surface area (Å²) in [5, 5.41) is 6.57. The molecule has 1 aliphatic rings. The summed E-state index contributed by atoms with van der Waals surface area (Å²) in [7, 11) is -3.66. The highest BCUT2D eigenvalue weighted by atomic mass is 32.2. The summed E-state index contributed by atoms with van der Waals surface area (Å²) in [4.78, 5) is 6.98. The number of hydrogen-bond acceptors (Lipinski definition) is 6. The molecule has 11 heteroatoms. The molecular formula is C12H14F3N5O2S. The number of halogens is 3. The van der Waals surface area contributed by atoms with Crippen LogP contribution in [0.15, 0.2) is 11.1 Å². The van der Waals surface area contributed by atoms with Crippen molar-refractivity contribution in [1.29, 1.82) is 0 Å². The minimum Gasteiger partial charge on any atom is -0.316 e. The van der Waals surface area contributed by atoms with Crippen LogP contribution in [0.3, 0.4) is 0 Å². The van der Waals surface area contributed by atoms with Crippen LogP contribution in [0, 0.1) is 0 Å². The van der Waals surface area contributed by atoms with Crippen molar-refractivity contribution < 1.29 is 21.6 Å². The van der Waals surface area contributed by atoms with E-state index in [1.54, 1.807) is 0 Å². The standard InChI is InChI=1S/C12H14F3N5O2S/c1-23(21,22)8-6-17-11-18-10(12(13,14)15)19-20(11)9(8)7-3-2-4-16-5-7/h6-7,16H,2-5H2,1H3. The van der Waals surface area contributed by atoms with E-state index in [1.807, 2.05) is 0 Å². The molecule has 3 heterocycles. The zero-order valence-corrected chi connectivity index (χ0v) is 12.9. The van der Waals surface area contributed by atoms with Crippen molar-refractivity contribution in [2.24, 2.45) is 0 Å². The van der Waals surface area contributed by atoms with Gasteiger partial charge in [-0.2, -0.15) is 22.7 Å². The number of rotatable bonds is 2. The summed E-state index contributed by atoms with van der Waals surface area (Å²) in [5.41, 5.74) is 0.202. The van der Waals surface area contributed by atoms with Gasteiger partial charge in [0.1, 0.15) is 4.90 Å². The Bertz CT molecular complexity index is 840. The molecule has 1 unspecified atom stereocenters. The van der Waals surface area contributed by atoms with Gasteiger partial charge in [-0.25, -0.2) is 13.4 Å². The van der Waals surface area contributed by atoms with Gasteiger partial charge in [0.05, 0.1) is 11.9 Å². The molecule has 2 aromatic heterocycles. The predicted octanol–water partition coefficient (Wildman–Crippen LogP) is 1.01. The minimum absolute atomic E-state index is 0.114. The Morgan fingerprint density at radius 2 is 2.13 bits per heavy atom. The monoisotopic (exact) mass is 349 g/mol. The highest BCUT2D eigenvalue weighted by Crippen LogP contribution is 2.31. The van der Waals surface area contributed by atoms with Gasteiger partial charge in [-0.15, -0.1) is 5.10 Å². The summed E-state index contributed by atoms with van der Waals surface area (Å²) >= 11 is 0. The fourth-order valence-corrected chi connectivity index (χ4v) is 3.58. The van der Waals surface area contributed by atoms with Crippen LogP contribution in [-0.2, 0) is 16.0 Å². The summed E-state index contributed by atoms with van der Waals surface area (Å²) in [5.74, 6) is -1.87. The average Bonchev–Trinajstić information content (AvgIpc) is 2.90. The molecule has 1 fully saturated rings. The molecule has 3 rings (SSSR count). The Hall–Kier alpha value is -1.75. The van der Waals surface area contributed by atoms with Crippen molar-refractivity contribution in [3.63, 3.8) is 0 Å². The van der Waals surface area contributed by atoms with E-state index in [2.05, 4.69) is 20.4 Å². The summed E-state index contributed by atoms with van der Waals surface area (Å²) < 4.78 is 63.4. The zero-order chi connectivity index (χ0) is 16.8. The molecule has 0 aliphatic carbocycles. The molecule has 0 spiro atoms. The van der Waals surface area contributed by atoms with Crippen molar-refractivity contribution in [3.05, 3.63) is 17.7 Å². The lowest BCUT2D eigenvalue weighted by molar-refractivity contribution is -0.144. The zero-order valence-electron chi connectivity index (χ0n) is 12.1. The van der Waals surface area contributed by atoms with Gasteiger partial charge in [0.15, 0.2) is 9.84 Å². The number of piperidine rings is 1. The van der Waals surface area contributed by atoms with Crippen molar-refractivity contribution in [2.45, 2.75) is 29.8 Å². The first-order chi connectivity index (χ1) is 10.7. The first kappa shape index (κ1) is 16.1. The third-order valence-corrected chi connectivity index (χ3v) is 4.82. The Morgan fingerprint density at radius 1 is 1.39 bits per heavy atom. The second-order valence-corrected chi connectivity index (χ2v) is 7.45. The Balaban J connectivity index is 2.27. The molecule has 1 atom stereocenters. The molecule has 126 valence electrons. The number of fused-ring (bicyclic) bond motifs is 1. The van der Waals surface area contributed by atoms with Gasteiger partial charge in [0.25, 0.3) is 11.6 Å². The van der Waals surface area contributed by atoms with E-state index < -0.39 is 21.8 Å². The third-order valence-electron chi connectivity index (χ3n) is 3.70. The van der Waals surface area contributed by atoms with Crippen molar-refractivity contribution in [1.82, 2.24) is 24.9 Å². The lowest BCUT2D eigenvalue weighted by Crippen LogP contribution is -2.30. The van der Waals surface area contributed by atoms with Crippen LogP contribution < -0.4 is 5.32 Å². The first-order valence-electron chi connectivity index (χ1n) is 6.91. The fraction of sp³-hybridized carbons (Fsp3) is 0.583. The minimum atomic E-state index is -4.72. The number of aromatic nitrogens is 4. The summed E-state index contributed by atoms with van der Waals surface area (Å²) in [6.07, 6.45) is -1.23. The van der Waals surface area contributed by atoms with Crippen molar-refractivity contribution >= 4 is 15.6 Å². The number of hydrogen-bond donors (Lipinski definition) is 1. The lowest BCUT2D eigenvalue weighted by atomic mass is 9.96. The van der Waals surface area contributed by atoms with E-state index in [9.17, 15) is 21.6 Å². The third kappa shape index (κ3) is 3.02. The quantitative estimate of drug-likeness (QED) is 0.871. The molecule has 23 heavy (non-hydrogen) atoms. The van der Waals surface area contributed by atoms with Crippen LogP contribution in [0.4, 0.5) is 13.2 Å². The van der Waals surface area contributed by atoms with Crippen molar-refractivity contribution in [3.8, 4) is 0 Å². The molecule has 1 N–H and O–H groups in total. The van der Waals surface area contributed by atoms with Crippen LogP contribution in [0.5, 0.6) is 0 Å². The smallest absolute Gasteiger partial charge is 0.316 e. The molecule has 7 nitrogen and oxygen atoms in total. The van der Waals surface area contributed by atoms with E-state index in [4.69, 9.17) is 0 Å². The van der Waals surface area contributed by atoms with Gasteiger partial charge >= 0.3 is 6.18 Å². The molecule has 0 aromatic carbocycles. The molecule has 1 saturated heterocycles. The van der Waals surface area contributed by atoms with E-state index in [0.29, 0.717) is 13.0 Å². The van der Waals surface area contributed by atoms with Crippen molar-refractivity contribution in [2.75, 3.05) is 19.3 Å². The number of nitrogens with zero attached hydrogens (tertiary/aromatic N) is 4. The van der Waals surface area contributed by atoms with E-state index >= 15 is 0 Å². The molecule has 0 bridgehead atoms. The summed E-state index contributed by atoms with van der Waals surface area (Å²) in [6, 6.07) is 0. The van der Waals surface area contributed by atoms with Crippen LogP contribution in [0.2, 0.25) is 0 Å².